The number of carboxylic acid groups (broad SMARTS) is 1. The number of nitrogens with one attached hydrogen (secondary N) is 1. The molecule has 8 heteroatoms. The Bertz CT molecular complexity index is 913. The molecule has 2 N–H and O–H groups in total. The highest BCUT2D eigenvalue weighted by Crippen LogP contribution is 2.55. The third-order valence-electron chi connectivity index (χ3n) is 5.66. The fourth-order valence-electron chi connectivity index (χ4n) is 4.26. The third-order valence-corrected chi connectivity index (χ3v) is 5.66. The van der Waals surface area contributed by atoms with Gasteiger partial charge >= 0.3 is 18.2 Å². The molecule has 2 aromatic rings. The van der Waals surface area contributed by atoms with Crippen LogP contribution in [0.1, 0.15) is 17.0 Å². The number of amides is 1. The average molecular weight is 405 g/mol. The normalized spacial score (nSPS) is 22.5. The largest absolute Gasteiger partial charge is 0.481 e. The van der Waals surface area contributed by atoms with E-state index in [9.17, 15) is 22.8 Å². The lowest BCUT2D eigenvalue weighted by Crippen LogP contribution is -2.29. The first-order valence-electron chi connectivity index (χ1n) is 9.17. The average Bonchev–Trinajstić information content (AvgIpc) is 3.35. The van der Waals surface area contributed by atoms with E-state index in [0.29, 0.717) is 0 Å². The van der Waals surface area contributed by atoms with Crippen molar-refractivity contribution < 1.29 is 32.6 Å². The highest BCUT2D eigenvalue weighted by molar-refractivity contribution is 5.79. The second-order valence-corrected chi connectivity index (χ2v) is 7.30. The van der Waals surface area contributed by atoms with E-state index in [-0.39, 0.29) is 12.5 Å². The van der Waals surface area contributed by atoms with Crippen LogP contribution in [-0.2, 0) is 9.53 Å². The number of aliphatic carboxylic acids is 1. The van der Waals surface area contributed by atoms with Gasteiger partial charge in [0.05, 0.1) is 11.8 Å². The fourth-order valence-corrected chi connectivity index (χ4v) is 4.26. The van der Waals surface area contributed by atoms with Crippen LogP contribution in [0.3, 0.4) is 0 Å². The van der Waals surface area contributed by atoms with Gasteiger partial charge < -0.3 is 15.2 Å². The number of hydrogen-bond donors (Lipinski definition) is 2. The molecule has 0 radical (unpaired) electrons. The van der Waals surface area contributed by atoms with Crippen molar-refractivity contribution >= 4 is 12.1 Å². The van der Waals surface area contributed by atoms with Gasteiger partial charge in [0.25, 0.3) is 0 Å². The van der Waals surface area contributed by atoms with Crippen LogP contribution in [0.25, 0.3) is 11.1 Å². The molecule has 1 saturated carbocycles. The zero-order valence-electron chi connectivity index (χ0n) is 15.1. The van der Waals surface area contributed by atoms with E-state index in [1.165, 1.54) is 0 Å². The van der Waals surface area contributed by atoms with Crippen LogP contribution in [0, 0.1) is 17.8 Å². The van der Waals surface area contributed by atoms with Gasteiger partial charge in [-0.2, -0.15) is 13.2 Å². The molecule has 2 aliphatic rings. The number of fused-ring (bicyclic) bond motifs is 3. The summed E-state index contributed by atoms with van der Waals surface area (Å²) >= 11 is 0. The van der Waals surface area contributed by atoms with Crippen LogP contribution < -0.4 is 5.32 Å². The van der Waals surface area contributed by atoms with E-state index in [1.807, 2.05) is 48.5 Å². The van der Waals surface area contributed by atoms with E-state index < -0.39 is 42.5 Å². The summed E-state index contributed by atoms with van der Waals surface area (Å²) in [5, 5.41) is 11.2. The lowest BCUT2D eigenvalue weighted by atomic mass is 9.98. The first-order chi connectivity index (χ1) is 13.8. The number of alkyl halides is 3. The van der Waals surface area contributed by atoms with Crippen LogP contribution in [0.4, 0.5) is 18.0 Å². The smallest absolute Gasteiger partial charge is 0.407 e. The Labute approximate surface area is 164 Å². The molecule has 0 aromatic heterocycles. The van der Waals surface area contributed by atoms with Gasteiger partial charge in [0.15, 0.2) is 0 Å². The Morgan fingerprint density at radius 1 is 1.00 bits per heavy atom. The number of alkyl carbamates (subject to hydrolysis) is 1. The number of carboxylic acids is 1. The first kappa shape index (κ1) is 19.3. The molecule has 1 amide bonds. The second-order valence-electron chi connectivity index (χ2n) is 7.30. The summed E-state index contributed by atoms with van der Waals surface area (Å²) < 4.78 is 43.8. The Balaban J connectivity index is 1.37. The Morgan fingerprint density at radius 2 is 1.55 bits per heavy atom. The minimum Gasteiger partial charge on any atom is -0.481 e. The molecule has 4 rings (SSSR count). The van der Waals surface area contributed by atoms with Gasteiger partial charge in [-0.15, -0.1) is 0 Å². The molecule has 0 aliphatic heterocycles. The molecule has 2 aromatic carbocycles. The van der Waals surface area contributed by atoms with Crippen LogP contribution in [0.2, 0.25) is 0 Å². The predicted octanol–water partition coefficient (Wildman–Crippen LogP) is 4.03. The van der Waals surface area contributed by atoms with E-state index >= 15 is 0 Å². The lowest BCUT2D eigenvalue weighted by Gasteiger charge is -2.14. The van der Waals surface area contributed by atoms with Gasteiger partial charge in [-0.1, -0.05) is 48.5 Å². The minimum atomic E-state index is -4.60. The highest BCUT2D eigenvalue weighted by atomic mass is 19.4. The summed E-state index contributed by atoms with van der Waals surface area (Å²) in [5.41, 5.74) is 4.17. The fraction of sp³-hybridized carbons (Fsp3) is 0.333. The van der Waals surface area contributed by atoms with Gasteiger partial charge in [-0.3, -0.25) is 4.79 Å². The molecule has 3 atom stereocenters. The van der Waals surface area contributed by atoms with Crippen molar-refractivity contribution in [1.29, 1.82) is 0 Å². The molecular formula is C21H18F3NO4. The number of carbonyl (C=O) groups is 2. The van der Waals surface area contributed by atoms with Gasteiger partial charge in [-0.05, 0) is 22.3 Å². The maximum atomic E-state index is 12.9. The summed E-state index contributed by atoms with van der Waals surface area (Å²) in [6.07, 6.45) is -5.46. The number of rotatable bonds is 5. The van der Waals surface area contributed by atoms with Gasteiger partial charge in [0, 0.05) is 18.4 Å². The molecule has 5 nitrogen and oxygen atoms in total. The topological polar surface area (TPSA) is 75.6 Å². The number of benzene rings is 2. The van der Waals surface area contributed by atoms with Gasteiger partial charge in [0.1, 0.15) is 6.61 Å². The molecule has 0 unspecified atom stereocenters. The van der Waals surface area contributed by atoms with Crippen LogP contribution in [0.5, 0.6) is 0 Å². The number of hydrogen-bond acceptors (Lipinski definition) is 3. The molecule has 152 valence electrons. The molecule has 0 bridgehead atoms. The molecule has 29 heavy (non-hydrogen) atoms. The van der Waals surface area contributed by atoms with Crippen LogP contribution in [-0.4, -0.2) is 36.5 Å². The third kappa shape index (κ3) is 3.54. The predicted molar refractivity (Wildman–Crippen MR) is 97.2 cm³/mol. The van der Waals surface area contributed by atoms with Gasteiger partial charge in [-0.25, -0.2) is 4.79 Å². The van der Waals surface area contributed by atoms with Crippen LogP contribution in [0.15, 0.2) is 48.5 Å². The summed E-state index contributed by atoms with van der Waals surface area (Å²) in [6.45, 7) is -0.354. The minimum absolute atomic E-state index is 0.0373. The standard InChI is InChI=1S/C21H18F3NO4/c22-21(23,24)18-15(17(18)19(26)27)9-25-20(28)29-10-16-13-7-3-1-5-11(13)12-6-2-4-8-14(12)16/h1-8,15-18H,9-10H2,(H,25,28)(H,26,27)/t15-,17+,18+/m1/s1. The van der Waals surface area contributed by atoms with Crippen molar-refractivity contribution in [3.8, 4) is 11.1 Å². The summed E-state index contributed by atoms with van der Waals surface area (Å²) in [6, 6.07) is 15.5. The van der Waals surface area contributed by atoms with Crippen molar-refractivity contribution in [2.75, 3.05) is 13.2 Å². The maximum absolute atomic E-state index is 12.9. The molecule has 0 saturated heterocycles. The van der Waals surface area contributed by atoms with E-state index in [1.54, 1.807) is 0 Å². The van der Waals surface area contributed by atoms with E-state index in [2.05, 4.69) is 5.32 Å². The monoisotopic (exact) mass is 405 g/mol. The number of halogens is 3. The van der Waals surface area contributed by atoms with Crippen molar-refractivity contribution in [3.05, 3.63) is 59.7 Å². The summed E-state index contributed by atoms with van der Waals surface area (Å²) in [4.78, 5) is 23.0. The second kappa shape index (κ2) is 7.09. The quantitative estimate of drug-likeness (QED) is 0.788. The summed E-state index contributed by atoms with van der Waals surface area (Å²) in [5.74, 6) is -6.30. The van der Waals surface area contributed by atoms with E-state index in [4.69, 9.17) is 9.84 Å². The highest BCUT2D eigenvalue weighted by Gasteiger charge is 2.67. The molecular weight excluding hydrogens is 387 g/mol. The lowest BCUT2D eigenvalue weighted by molar-refractivity contribution is -0.161. The van der Waals surface area contributed by atoms with Crippen molar-refractivity contribution in [1.82, 2.24) is 5.32 Å². The maximum Gasteiger partial charge on any atom is 0.407 e. The molecule has 2 aliphatic carbocycles. The Hall–Kier alpha value is -3.03. The van der Waals surface area contributed by atoms with Crippen molar-refractivity contribution in [2.45, 2.75) is 12.1 Å². The van der Waals surface area contributed by atoms with E-state index in [0.717, 1.165) is 22.3 Å². The first-order valence-corrected chi connectivity index (χ1v) is 9.17. The van der Waals surface area contributed by atoms with Crippen molar-refractivity contribution in [2.24, 2.45) is 17.8 Å². The zero-order valence-corrected chi connectivity index (χ0v) is 15.1. The van der Waals surface area contributed by atoms with Gasteiger partial charge in [0.2, 0.25) is 0 Å². The number of ether oxygens (including phenoxy) is 1. The number of carbonyl (C=O) groups excluding carboxylic acids is 1. The molecule has 0 spiro atoms. The Kier molecular flexibility index (Phi) is 4.72. The molecule has 0 heterocycles. The summed E-state index contributed by atoms with van der Waals surface area (Å²) in [7, 11) is 0. The Morgan fingerprint density at radius 3 is 2.03 bits per heavy atom. The van der Waals surface area contributed by atoms with Crippen LogP contribution >= 0.6 is 0 Å². The zero-order chi connectivity index (χ0) is 20.8. The molecule has 1 fully saturated rings. The SMILES string of the molecule is O=C(NC[C@@H]1[C@H](C(=O)O)[C@H]1C(F)(F)F)OCC1c2ccccc2-c2ccccc21. The van der Waals surface area contributed by atoms with Crippen molar-refractivity contribution in [3.63, 3.8) is 0 Å².